The molecule has 0 radical (unpaired) electrons. The van der Waals surface area contributed by atoms with Crippen molar-refractivity contribution in [2.45, 2.75) is 24.9 Å². The second-order valence-electron chi connectivity index (χ2n) is 6.78. The number of carbonyl (C=O) groups is 2. The fraction of sp³-hybridized carbons (Fsp3) is 0.300. The fourth-order valence-corrected chi connectivity index (χ4v) is 4.12. The Morgan fingerprint density at radius 1 is 1.26 bits per heavy atom. The zero-order valence-corrected chi connectivity index (χ0v) is 15.4. The monoisotopic (exact) mass is 388 g/mol. The van der Waals surface area contributed by atoms with Crippen LogP contribution in [0.1, 0.15) is 12.0 Å². The quantitative estimate of drug-likeness (QED) is 0.809. The molecule has 0 unspecified atom stereocenters. The van der Waals surface area contributed by atoms with Crippen LogP contribution in [0.5, 0.6) is 5.75 Å². The van der Waals surface area contributed by atoms with Crippen LogP contribution in [0.3, 0.4) is 0 Å². The Kier molecular flexibility index (Phi) is 4.52. The lowest BCUT2D eigenvalue weighted by Crippen LogP contribution is -2.52. The molecule has 4 rings (SSSR count). The molecule has 2 bridgehead atoms. The zero-order chi connectivity index (χ0) is 19.1. The Labute approximate surface area is 161 Å². The molecule has 2 aromatic carbocycles. The van der Waals surface area contributed by atoms with Gasteiger partial charge >= 0.3 is 0 Å². The van der Waals surface area contributed by atoms with Crippen molar-refractivity contribution in [2.24, 2.45) is 0 Å². The molecule has 2 amide bonds. The molecular formula is C20H18ClFN2O3. The van der Waals surface area contributed by atoms with E-state index in [0.29, 0.717) is 29.4 Å². The minimum Gasteiger partial charge on any atom is -0.495 e. The number of nitrogens with zero attached hydrogens (tertiary/aromatic N) is 2. The lowest BCUT2D eigenvalue weighted by Gasteiger charge is -2.34. The van der Waals surface area contributed by atoms with Crippen molar-refractivity contribution in [3.63, 3.8) is 0 Å². The maximum atomic E-state index is 13.0. The highest BCUT2D eigenvalue weighted by molar-refractivity contribution is 6.32. The van der Waals surface area contributed by atoms with Crippen molar-refractivity contribution >= 4 is 29.1 Å². The summed E-state index contributed by atoms with van der Waals surface area (Å²) in [5.74, 6) is -0.00136. The lowest BCUT2D eigenvalue weighted by atomic mass is 10.1. The summed E-state index contributed by atoms with van der Waals surface area (Å²) in [5.41, 5.74) is 1.44. The summed E-state index contributed by atoms with van der Waals surface area (Å²) in [6.07, 6.45) is 0.767. The van der Waals surface area contributed by atoms with Gasteiger partial charge in [-0.1, -0.05) is 23.7 Å². The molecule has 2 aliphatic heterocycles. The van der Waals surface area contributed by atoms with Gasteiger partial charge in [0.25, 0.3) is 0 Å². The molecule has 5 nitrogen and oxygen atoms in total. The van der Waals surface area contributed by atoms with Gasteiger partial charge in [0.2, 0.25) is 11.8 Å². The van der Waals surface area contributed by atoms with Crippen LogP contribution in [0.25, 0.3) is 0 Å². The Morgan fingerprint density at radius 3 is 2.63 bits per heavy atom. The second kappa shape index (κ2) is 6.85. The molecule has 27 heavy (non-hydrogen) atoms. The Morgan fingerprint density at radius 2 is 2.00 bits per heavy atom. The normalized spacial score (nSPS) is 21.1. The zero-order valence-electron chi connectivity index (χ0n) is 14.7. The van der Waals surface area contributed by atoms with Gasteiger partial charge in [-0.15, -0.1) is 0 Å². The highest BCUT2D eigenvalue weighted by Crippen LogP contribution is 2.38. The number of benzene rings is 2. The Balaban J connectivity index is 1.48. The van der Waals surface area contributed by atoms with Crippen LogP contribution in [0, 0.1) is 5.82 Å². The van der Waals surface area contributed by atoms with E-state index in [2.05, 4.69) is 0 Å². The van der Waals surface area contributed by atoms with Crippen LogP contribution >= 0.6 is 11.6 Å². The van der Waals surface area contributed by atoms with Crippen molar-refractivity contribution in [3.8, 4) is 5.75 Å². The van der Waals surface area contributed by atoms with Crippen molar-refractivity contribution in [1.29, 1.82) is 0 Å². The summed E-state index contributed by atoms with van der Waals surface area (Å²) in [4.78, 5) is 28.8. The second-order valence-corrected chi connectivity index (χ2v) is 7.19. The van der Waals surface area contributed by atoms with Gasteiger partial charge in [0.05, 0.1) is 24.6 Å². The summed E-state index contributed by atoms with van der Waals surface area (Å²) < 4.78 is 18.2. The minimum atomic E-state index is -0.455. The number of rotatable bonds is 4. The van der Waals surface area contributed by atoms with Gasteiger partial charge in [-0.3, -0.25) is 9.59 Å². The van der Waals surface area contributed by atoms with Crippen molar-refractivity contribution in [3.05, 3.63) is 58.9 Å². The highest BCUT2D eigenvalue weighted by atomic mass is 35.5. The highest BCUT2D eigenvalue weighted by Gasteiger charge is 2.51. The first-order valence-electron chi connectivity index (χ1n) is 8.68. The van der Waals surface area contributed by atoms with Gasteiger partial charge < -0.3 is 14.5 Å². The third kappa shape index (κ3) is 3.14. The number of ether oxygens (including phenoxy) is 1. The van der Waals surface area contributed by atoms with E-state index in [1.807, 2.05) is 0 Å². The fourth-order valence-electron chi connectivity index (χ4n) is 3.87. The van der Waals surface area contributed by atoms with E-state index >= 15 is 0 Å². The molecule has 2 aromatic rings. The number of hydrogen-bond acceptors (Lipinski definition) is 3. The summed E-state index contributed by atoms with van der Waals surface area (Å²) in [7, 11) is 1.54. The average molecular weight is 389 g/mol. The molecule has 2 fully saturated rings. The number of amides is 2. The molecule has 0 aromatic heterocycles. The molecule has 2 atom stereocenters. The van der Waals surface area contributed by atoms with E-state index in [4.69, 9.17) is 16.3 Å². The molecule has 2 saturated heterocycles. The average Bonchev–Trinajstić information content (AvgIpc) is 3.22. The SMILES string of the molecule is COc1ccc(N2C(=O)[C@@H]3C[C@H]2CN3C(=O)Cc2ccc(F)cc2)cc1Cl. The van der Waals surface area contributed by atoms with E-state index in [0.717, 1.165) is 5.56 Å². The molecule has 0 spiro atoms. The number of anilines is 1. The van der Waals surface area contributed by atoms with E-state index in [9.17, 15) is 14.0 Å². The molecular weight excluding hydrogens is 371 g/mol. The number of halogens is 2. The first-order valence-corrected chi connectivity index (χ1v) is 9.06. The van der Waals surface area contributed by atoms with E-state index in [1.54, 1.807) is 40.1 Å². The molecule has 2 aliphatic rings. The molecule has 0 aliphatic carbocycles. The third-order valence-electron chi connectivity index (χ3n) is 5.17. The maximum absolute atomic E-state index is 13.0. The lowest BCUT2D eigenvalue weighted by molar-refractivity contribution is -0.137. The van der Waals surface area contributed by atoms with Gasteiger partial charge in [-0.2, -0.15) is 0 Å². The number of likely N-dealkylation sites (tertiary alicyclic amines) is 1. The van der Waals surface area contributed by atoms with E-state index in [-0.39, 0.29) is 30.1 Å². The third-order valence-corrected chi connectivity index (χ3v) is 5.46. The van der Waals surface area contributed by atoms with Crippen LogP contribution in [-0.4, -0.2) is 42.5 Å². The van der Waals surface area contributed by atoms with E-state index < -0.39 is 6.04 Å². The van der Waals surface area contributed by atoms with Gasteiger partial charge in [-0.25, -0.2) is 4.39 Å². The first-order chi connectivity index (χ1) is 13.0. The summed E-state index contributed by atoms with van der Waals surface area (Å²) in [6.45, 7) is 0.486. The predicted octanol–water partition coefficient (Wildman–Crippen LogP) is 3.05. The van der Waals surface area contributed by atoms with Gasteiger partial charge in [0.1, 0.15) is 17.6 Å². The van der Waals surface area contributed by atoms with Crippen LogP contribution in [0.15, 0.2) is 42.5 Å². The number of piperazine rings is 1. The molecule has 2 heterocycles. The van der Waals surface area contributed by atoms with Gasteiger partial charge in [0.15, 0.2) is 0 Å². The van der Waals surface area contributed by atoms with Crippen molar-refractivity contribution in [1.82, 2.24) is 4.90 Å². The molecule has 140 valence electrons. The smallest absolute Gasteiger partial charge is 0.250 e. The topological polar surface area (TPSA) is 49.9 Å². The van der Waals surface area contributed by atoms with Crippen LogP contribution in [0.2, 0.25) is 5.02 Å². The Bertz CT molecular complexity index is 903. The summed E-state index contributed by atoms with van der Waals surface area (Å²) in [6, 6.07) is 10.6. The van der Waals surface area contributed by atoms with Crippen LogP contribution in [0.4, 0.5) is 10.1 Å². The van der Waals surface area contributed by atoms with Crippen molar-refractivity contribution in [2.75, 3.05) is 18.6 Å². The largest absolute Gasteiger partial charge is 0.495 e. The van der Waals surface area contributed by atoms with Crippen molar-refractivity contribution < 1.29 is 18.7 Å². The number of methoxy groups -OCH3 is 1. The summed E-state index contributed by atoms with van der Waals surface area (Å²) >= 11 is 6.18. The molecule has 7 heteroatoms. The number of fused-ring (bicyclic) bond motifs is 2. The molecule has 0 saturated carbocycles. The standard InChI is InChI=1S/C20H18ClFN2O3/c1-27-18-7-6-14(9-16(18)21)24-15-10-17(20(24)26)23(11-15)19(25)8-12-2-4-13(22)5-3-12/h2-7,9,15,17H,8,10-11H2,1H3/t15-,17-/m0/s1. The minimum absolute atomic E-state index is 0.0656. The van der Waals surface area contributed by atoms with E-state index in [1.165, 1.54) is 19.2 Å². The molecule has 0 N–H and O–H groups in total. The van der Waals surface area contributed by atoms with Gasteiger partial charge in [0, 0.05) is 12.2 Å². The maximum Gasteiger partial charge on any atom is 0.250 e. The van der Waals surface area contributed by atoms with Crippen LogP contribution < -0.4 is 9.64 Å². The van der Waals surface area contributed by atoms with Crippen LogP contribution in [-0.2, 0) is 16.0 Å². The first kappa shape index (κ1) is 17.8. The predicted molar refractivity (Wildman–Crippen MR) is 99.5 cm³/mol. The number of carbonyl (C=O) groups excluding carboxylic acids is 2. The number of hydrogen-bond donors (Lipinski definition) is 0. The van der Waals surface area contributed by atoms with Gasteiger partial charge in [-0.05, 0) is 42.3 Å². The Hall–Kier alpha value is -2.60. The summed E-state index contributed by atoms with van der Waals surface area (Å²) in [5, 5.41) is 0.440.